The third kappa shape index (κ3) is 6.33. The maximum absolute atomic E-state index is 8.77. The van der Waals surface area contributed by atoms with Gasteiger partial charge in [0, 0.05) is 5.56 Å². The quantitative estimate of drug-likeness (QED) is 0.402. The minimum absolute atomic E-state index is 0.357. The monoisotopic (exact) mass is 388 g/mol. The van der Waals surface area contributed by atoms with Crippen LogP contribution in [0.2, 0.25) is 0 Å². The van der Waals surface area contributed by atoms with Gasteiger partial charge in [-0.2, -0.15) is 0 Å². The summed E-state index contributed by atoms with van der Waals surface area (Å²) in [6.45, 7) is 16.5. The van der Waals surface area contributed by atoms with Crippen LogP contribution < -0.4 is 4.89 Å². The maximum Gasteiger partial charge on any atom is 0.168 e. The molecule has 0 amide bonds. The molecule has 0 atom stereocenters. The molecule has 28 heavy (non-hydrogen) atoms. The molecule has 4 nitrogen and oxygen atoms in total. The molecule has 0 saturated carbocycles. The van der Waals surface area contributed by atoms with E-state index in [0.717, 1.165) is 11.1 Å². The van der Waals surface area contributed by atoms with Crippen LogP contribution in [0.1, 0.15) is 95.4 Å². The normalized spacial score (nSPS) is 11.6. The Labute approximate surface area is 170 Å². The van der Waals surface area contributed by atoms with E-state index in [1.807, 2.05) is 32.0 Å². The summed E-state index contributed by atoms with van der Waals surface area (Å²) in [5.74, 6) is 1.91. The van der Waals surface area contributed by atoms with E-state index >= 15 is 0 Å². The van der Waals surface area contributed by atoms with E-state index in [9.17, 15) is 0 Å². The second-order valence-corrected chi connectivity index (χ2v) is 8.54. The van der Waals surface area contributed by atoms with E-state index in [0.29, 0.717) is 23.5 Å². The first-order valence-corrected chi connectivity index (χ1v) is 9.92. The Morgan fingerprint density at radius 1 is 0.750 bits per heavy atom. The van der Waals surface area contributed by atoms with Crippen molar-refractivity contribution in [3.05, 3.63) is 64.7 Å². The molecule has 0 fully saturated rings. The van der Waals surface area contributed by atoms with Crippen molar-refractivity contribution in [1.82, 2.24) is 0 Å². The molecule has 0 aromatic heterocycles. The van der Waals surface area contributed by atoms with Crippen LogP contribution in [0, 0.1) is 0 Å². The SMILES string of the molecule is CC(C)c1ccc(C(C)(C)OO)cc1.CC(C)c1cccc(OO)c1C(C)C. The first kappa shape index (κ1) is 24.2. The minimum atomic E-state index is -0.629. The van der Waals surface area contributed by atoms with E-state index in [-0.39, 0.29) is 0 Å². The highest BCUT2D eigenvalue weighted by atomic mass is 17.1. The second-order valence-electron chi connectivity index (χ2n) is 8.54. The van der Waals surface area contributed by atoms with Crippen LogP contribution in [0.3, 0.4) is 0 Å². The van der Waals surface area contributed by atoms with E-state index < -0.39 is 5.60 Å². The molecule has 0 spiro atoms. The average Bonchev–Trinajstić information content (AvgIpc) is 2.67. The van der Waals surface area contributed by atoms with Gasteiger partial charge in [0.1, 0.15) is 5.60 Å². The zero-order valence-electron chi connectivity index (χ0n) is 18.5. The zero-order chi connectivity index (χ0) is 21.5. The van der Waals surface area contributed by atoms with E-state index in [4.69, 9.17) is 10.5 Å². The fourth-order valence-corrected chi connectivity index (χ4v) is 3.08. The lowest BCUT2D eigenvalue weighted by Gasteiger charge is -2.21. The highest BCUT2D eigenvalue weighted by molar-refractivity contribution is 5.43. The summed E-state index contributed by atoms with van der Waals surface area (Å²) in [5.41, 5.74) is 3.98. The van der Waals surface area contributed by atoms with E-state index in [1.165, 1.54) is 11.1 Å². The minimum Gasteiger partial charge on any atom is -0.340 e. The molecule has 2 rings (SSSR count). The number of benzene rings is 2. The van der Waals surface area contributed by atoms with Gasteiger partial charge in [0.05, 0.1) is 0 Å². The highest BCUT2D eigenvalue weighted by Gasteiger charge is 2.21. The highest BCUT2D eigenvalue weighted by Crippen LogP contribution is 2.33. The Hall–Kier alpha value is -1.88. The fraction of sp³-hybridized carbons (Fsp3) is 0.500. The summed E-state index contributed by atoms with van der Waals surface area (Å²) >= 11 is 0. The lowest BCUT2D eigenvalue weighted by atomic mass is 9.90. The summed E-state index contributed by atoms with van der Waals surface area (Å²) in [7, 11) is 0. The van der Waals surface area contributed by atoms with Crippen molar-refractivity contribution in [2.75, 3.05) is 0 Å². The van der Waals surface area contributed by atoms with Gasteiger partial charge in [-0.1, -0.05) is 77.9 Å². The van der Waals surface area contributed by atoms with Crippen molar-refractivity contribution in [2.24, 2.45) is 0 Å². The molecule has 0 radical (unpaired) electrons. The fourth-order valence-electron chi connectivity index (χ4n) is 3.08. The number of rotatable bonds is 6. The van der Waals surface area contributed by atoms with Gasteiger partial charge in [0.15, 0.2) is 5.75 Å². The van der Waals surface area contributed by atoms with Gasteiger partial charge in [0.25, 0.3) is 0 Å². The third-order valence-corrected chi connectivity index (χ3v) is 4.90. The summed E-state index contributed by atoms with van der Waals surface area (Å²) in [5, 5.41) is 17.5. The number of hydrogen-bond donors (Lipinski definition) is 2. The Balaban J connectivity index is 0.000000280. The van der Waals surface area contributed by atoms with Crippen LogP contribution in [-0.2, 0) is 10.5 Å². The van der Waals surface area contributed by atoms with Gasteiger partial charge in [-0.3, -0.25) is 5.26 Å². The molecule has 0 aliphatic carbocycles. The summed E-state index contributed by atoms with van der Waals surface area (Å²) < 4.78 is 0. The molecule has 156 valence electrons. The zero-order valence-corrected chi connectivity index (χ0v) is 18.5. The lowest BCUT2D eigenvalue weighted by Crippen LogP contribution is -2.19. The number of hydrogen-bond acceptors (Lipinski definition) is 4. The van der Waals surface area contributed by atoms with Crippen LogP contribution in [0.25, 0.3) is 0 Å². The van der Waals surface area contributed by atoms with Crippen LogP contribution in [0.5, 0.6) is 5.75 Å². The Morgan fingerprint density at radius 2 is 1.32 bits per heavy atom. The molecule has 0 aliphatic rings. The van der Waals surface area contributed by atoms with Crippen molar-refractivity contribution in [3.63, 3.8) is 0 Å². The smallest absolute Gasteiger partial charge is 0.168 e. The van der Waals surface area contributed by atoms with Crippen LogP contribution >= 0.6 is 0 Å². The predicted octanol–water partition coefficient (Wildman–Crippen LogP) is 7.32. The largest absolute Gasteiger partial charge is 0.340 e. The van der Waals surface area contributed by atoms with Crippen molar-refractivity contribution >= 4 is 0 Å². The maximum atomic E-state index is 8.77. The summed E-state index contributed by atoms with van der Waals surface area (Å²) in [6.07, 6.45) is 0. The topological polar surface area (TPSA) is 58.9 Å². The molecular formula is C24H36O4. The van der Waals surface area contributed by atoms with E-state index in [1.54, 1.807) is 6.07 Å². The molecule has 0 saturated heterocycles. The van der Waals surface area contributed by atoms with E-state index in [2.05, 4.69) is 69.5 Å². The van der Waals surface area contributed by atoms with Crippen molar-refractivity contribution in [1.29, 1.82) is 0 Å². The van der Waals surface area contributed by atoms with Crippen molar-refractivity contribution in [3.8, 4) is 5.75 Å². The second kappa shape index (κ2) is 10.6. The van der Waals surface area contributed by atoms with Gasteiger partial charge >= 0.3 is 0 Å². The molecule has 0 bridgehead atoms. The Morgan fingerprint density at radius 3 is 1.71 bits per heavy atom. The third-order valence-electron chi connectivity index (χ3n) is 4.90. The predicted molar refractivity (Wildman–Crippen MR) is 115 cm³/mol. The van der Waals surface area contributed by atoms with Gasteiger partial charge in [-0.25, -0.2) is 10.1 Å². The Bertz CT molecular complexity index is 716. The first-order chi connectivity index (χ1) is 13.0. The molecule has 4 heteroatoms. The molecule has 0 unspecified atom stereocenters. The molecular weight excluding hydrogens is 352 g/mol. The molecule has 0 heterocycles. The standard InChI is InChI=1S/2C12H18O2/c1-9(2)10-5-7-11(8-6-10)12(3,4)14-13;1-8(2)10-6-5-7-11(14-13)12(10)9(3)4/h2*5-9,13H,1-4H3. The van der Waals surface area contributed by atoms with Gasteiger partial charge < -0.3 is 4.89 Å². The van der Waals surface area contributed by atoms with Crippen molar-refractivity contribution < 1.29 is 20.3 Å². The molecule has 0 aliphatic heterocycles. The summed E-state index contributed by atoms with van der Waals surface area (Å²) in [4.78, 5) is 8.82. The van der Waals surface area contributed by atoms with Crippen LogP contribution in [0.4, 0.5) is 0 Å². The molecule has 2 aromatic carbocycles. The van der Waals surface area contributed by atoms with Gasteiger partial charge in [-0.15, -0.1) is 0 Å². The van der Waals surface area contributed by atoms with Gasteiger partial charge in [0.2, 0.25) is 0 Å². The average molecular weight is 389 g/mol. The van der Waals surface area contributed by atoms with Gasteiger partial charge in [-0.05, 0) is 54.4 Å². The summed E-state index contributed by atoms with van der Waals surface area (Å²) in [6, 6.07) is 13.9. The van der Waals surface area contributed by atoms with Crippen LogP contribution in [-0.4, -0.2) is 10.5 Å². The van der Waals surface area contributed by atoms with Crippen molar-refractivity contribution in [2.45, 2.75) is 78.7 Å². The molecule has 2 N–H and O–H groups in total. The molecule has 2 aromatic rings. The lowest BCUT2D eigenvalue weighted by molar-refractivity contribution is -0.318. The first-order valence-electron chi connectivity index (χ1n) is 9.92. The Kier molecular flexibility index (Phi) is 9.15. The van der Waals surface area contributed by atoms with Crippen LogP contribution in [0.15, 0.2) is 42.5 Å².